The van der Waals surface area contributed by atoms with Crippen LogP contribution in [0.4, 0.5) is 0 Å². The number of carbonyl (C=O) groups is 3. The summed E-state index contributed by atoms with van der Waals surface area (Å²) < 4.78 is 18.1. The van der Waals surface area contributed by atoms with E-state index in [4.69, 9.17) is 14.2 Å². The first kappa shape index (κ1) is 21.4. The molecule has 0 bridgehead atoms. The van der Waals surface area contributed by atoms with Crippen LogP contribution in [0.15, 0.2) is 0 Å². The molecule has 1 aliphatic heterocycles. The minimum atomic E-state index is -0.281. The molecule has 5 fully saturated rings. The van der Waals surface area contributed by atoms with Crippen LogP contribution in [0, 0.1) is 34.5 Å². The number of hydrogen-bond donors (Lipinski definition) is 0. The molecule has 1 spiro atoms. The molecule has 4 aliphatic carbocycles. The van der Waals surface area contributed by atoms with Crippen LogP contribution in [-0.2, 0) is 28.6 Å². The van der Waals surface area contributed by atoms with Crippen molar-refractivity contribution in [2.75, 3.05) is 0 Å². The van der Waals surface area contributed by atoms with Gasteiger partial charge in [-0.1, -0.05) is 13.8 Å². The molecule has 5 aliphatic rings. The third kappa shape index (κ3) is 2.89. The first-order valence-corrected chi connectivity index (χ1v) is 12.0. The largest absolute Gasteiger partial charge is 0.462 e. The number of Topliss-reactive ketones (excluding diaryl/α,β-unsaturated/α-hetero) is 1. The lowest BCUT2D eigenvalue weighted by Gasteiger charge is -2.61. The summed E-state index contributed by atoms with van der Waals surface area (Å²) in [6.45, 7) is 9.27. The van der Waals surface area contributed by atoms with Gasteiger partial charge in [-0.25, -0.2) is 0 Å². The fraction of sp³-hybridized carbons (Fsp3) is 0.880. The zero-order chi connectivity index (χ0) is 22.3. The molecule has 1 saturated heterocycles. The zero-order valence-electron chi connectivity index (χ0n) is 19.4. The Labute approximate surface area is 184 Å². The summed E-state index contributed by atoms with van der Waals surface area (Å²) in [4.78, 5) is 36.2. The molecular weight excluding hydrogens is 396 g/mol. The molecule has 6 nitrogen and oxygen atoms in total. The molecule has 31 heavy (non-hydrogen) atoms. The smallest absolute Gasteiger partial charge is 0.302 e. The van der Waals surface area contributed by atoms with Crippen molar-refractivity contribution in [1.82, 2.24) is 0 Å². The predicted octanol–water partition coefficient (Wildman–Crippen LogP) is 3.84. The summed E-state index contributed by atoms with van der Waals surface area (Å²) in [6.07, 6.45) is 6.07. The number of ether oxygens (including phenoxy) is 3. The van der Waals surface area contributed by atoms with Crippen molar-refractivity contribution in [3.8, 4) is 0 Å². The normalized spacial score (nSPS) is 52.1. The van der Waals surface area contributed by atoms with Gasteiger partial charge in [0.25, 0.3) is 0 Å². The van der Waals surface area contributed by atoms with Crippen LogP contribution in [0.1, 0.15) is 79.6 Å². The van der Waals surface area contributed by atoms with Crippen LogP contribution < -0.4 is 0 Å². The highest BCUT2D eigenvalue weighted by Crippen LogP contribution is 2.74. The van der Waals surface area contributed by atoms with E-state index in [1.807, 2.05) is 0 Å². The predicted molar refractivity (Wildman–Crippen MR) is 112 cm³/mol. The lowest BCUT2D eigenvalue weighted by molar-refractivity contribution is -0.194. The molecular formula is C25H36O6. The van der Waals surface area contributed by atoms with Crippen molar-refractivity contribution in [3.05, 3.63) is 0 Å². The summed E-state index contributed by atoms with van der Waals surface area (Å²) in [7, 11) is 0. The second-order valence-electron chi connectivity index (χ2n) is 11.5. The number of ketones is 1. The van der Waals surface area contributed by atoms with Crippen LogP contribution in [-0.4, -0.2) is 41.6 Å². The molecule has 1 heterocycles. The van der Waals surface area contributed by atoms with E-state index in [1.54, 1.807) is 6.92 Å². The van der Waals surface area contributed by atoms with Gasteiger partial charge in [0.2, 0.25) is 0 Å². The minimum Gasteiger partial charge on any atom is -0.462 e. The molecule has 0 aromatic carbocycles. The molecule has 0 aromatic rings. The fourth-order valence-electron chi connectivity index (χ4n) is 9.05. The van der Waals surface area contributed by atoms with Gasteiger partial charge in [-0.3, -0.25) is 14.4 Å². The third-order valence-electron chi connectivity index (χ3n) is 10.1. The van der Waals surface area contributed by atoms with Crippen LogP contribution in [0.2, 0.25) is 0 Å². The summed E-state index contributed by atoms with van der Waals surface area (Å²) in [5, 5.41) is 0. The number of fused-ring (bicyclic) bond motifs is 4. The summed E-state index contributed by atoms with van der Waals surface area (Å²) >= 11 is 0. The van der Waals surface area contributed by atoms with E-state index in [1.165, 1.54) is 13.8 Å². The van der Waals surface area contributed by atoms with Gasteiger partial charge in [0.05, 0.1) is 6.10 Å². The standard InChI is InChI=1S/C25H36O6/c1-13(26)18-6-7-19-17-10-21-25(31-21)11-16(29-14(2)27)8-9-24(25,5)22(17)20(30-15(3)28)12-23(18,19)4/h16-22H,6-12H2,1-5H3/t16-,17-,18+,19-,20+,21-,22+,23+,24+,25-/m0/s1. The van der Waals surface area contributed by atoms with Crippen LogP contribution >= 0.6 is 0 Å². The average Bonchev–Trinajstić information content (AvgIpc) is 3.22. The van der Waals surface area contributed by atoms with Gasteiger partial charge in [0.15, 0.2) is 0 Å². The Balaban J connectivity index is 1.51. The molecule has 6 heteroatoms. The number of rotatable bonds is 3. The molecule has 0 aromatic heterocycles. The number of carbonyl (C=O) groups excluding carboxylic acids is 3. The Kier molecular flexibility index (Phi) is 4.69. The van der Waals surface area contributed by atoms with E-state index in [0.717, 1.165) is 44.9 Å². The second-order valence-corrected chi connectivity index (χ2v) is 11.5. The monoisotopic (exact) mass is 432 g/mol. The molecule has 5 rings (SSSR count). The van der Waals surface area contributed by atoms with E-state index in [2.05, 4.69) is 13.8 Å². The van der Waals surface area contributed by atoms with Crippen LogP contribution in [0.25, 0.3) is 0 Å². The maximum atomic E-state index is 12.5. The van der Waals surface area contributed by atoms with E-state index < -0.39 is 0 Å². The lowest BCUT2D eigenvalue weighted by atomic mass is 9.43. The Morgan fingerprint density at radius 1 is 0.935 bits per heavy atom. The highest BCUT2D eigenvalue weighted by molar-refractivity contribution is 5.79. The summed E-state index contributed by atoms with van der Waals surface area (Å²) in [6, 6.07) is 0. The van der Waals surface area contributed by atoms with Gasteiger partial charge in [0, 0.05) is 37.5 Å². The number of hydrogen-bond acceptors (Lipinski definition) is 6. The zero-order valence-corrected chi connectivity index (χ0v) is 19.4. The van der Waals surface area contributed by atoms with Crippen molar-refractivity contribution >= 4 is 17.7 Å². The van der Waals surface area contributed by atoms with Crippen molar-refractivity contribution < 1.29 is 28.6 Å². The van der Waals surface area contributed by atoms with Crippen LogP contribution in [0.3, 0.4) is 0 Å². The van der Waals surface area contributed by atoms with E-state index in [9.17, 15) is 14.4 Å². The number of esters is 2. The Hall–Kier alpha value is -1.43. The molecule has 0 radical (unpaired) electrons. The second kappa shape index (κ2) is 6.79. The maximum Gasteiger partial charge on any atom is 0.302 e. The summed E-state index contributed by atoms with van der Waals surface area (Å²) in [5.74, 6) is 0.919. The van der Waals surface area contributed by atoms with E-state index >= 15 is 0 Å². The van der Waals surface area contributed by atoms with E-state index in [0.29, 0.717) is 11.8 Å². The SMILES string of the molecule is CC(=O)O[C@H]1CC[C@]2(C)[C@@H]3[C@@H](C[C@@H]4O[C@@]42C1)[C@@H]1CC[C@H](C(C)=O)[C@@]1(C)C[C@H]3OC(C)=O. The van der Waals surface area contributed by atoms with Gasteiger partial charge in [0.1, 0.15) is 23.6 Å². The Morgan fingerprint density at radius 3 is 2.29 bits per heavy atom. The lowest BCUT2D eigenvalue weighted by Crippen LogP contribution is -2.63. The number of epoxide rings is 1. The first-order valence-electron chi connectivity index (χ1n) is 12.0. The first-order chi connectivity index (χ1) is 14.5. The van der Waals surface area contributed by atoms with Crippen LogP contribution in [0.5, 0.6) is 0 Å². The Morgan fingerprint density at radius 2 is 1.65 bits per heavy atom. The van der Waals surface area contributed by atoms with Gasteiger partial charge >= 0.3 is 11.9 Å². The fourth-order valence-corrected chi connectivity index (χ4v) is 9.05. The molecule has 10 atom stereocenters. The van der Waals surface area contributed by atoms with Gasteiger partial charge in [-0.05, 0) is 62.7 Å². The van der Waals surface area contributed by atoms with Gasteiger partial charge < -0.3 is 14.2 Å². The maximum absolute atomic E-state index is 12.5. The van der Waals surface area contributed by atoms with Crippen molar-refractivity contribution in [2.45, 2.75) is 103 Å². The molecule has 4 saturated carbocycles. The minimum absolute atomic E-state index is 0.0517. The Bertz CT molecular complexity index is 823. The molecule has 0 unspecified atom stereocenters. The molecule has 0 N–H and O–H groups in total. The quantitative estimate of drug-likeness (QED) is 0.498. The van der Waals surface area contributed by atoms with Gasteiger partial charge in [-0.15, -0.1) is 0 Å². The van der Waals surface area contributed by atoms with Crippen molar-refractivity contribution in [2.24, 2.45) is 34.5 Å². The van der Waals surface area contributed by atoms with Gasteiger partial charge in [-0.2, -0.15) is 0 Å². The van der Waals surface area contributed by atoms with Crippen molar-refractivity contribution in [3.63, 3.8) is 0 Å². The van der Waals surface area contributed by atoms with E-state index in [-0.39, 0.29) is 64.3 Å². The third-order valence-corrected chi connectivity index (χ3v) is 10.1. The highest BCUT2D eigenvalue weighted by Gasteiger charge is 2.78. The molecule has 0 amide bonds. The average molecular weight is 433 g/mol. The molecule has 172 valence electrons. The topological polar surface area (TPSA) is 82.2 Å². The van der Waals surface area contributed by atoms with Crippen molar-refractivity contribution in [1.29, 1.82) is 0 Å². The highest BCUT2D eigenvalue weighted by atomic mass is 16.6. The summed E-state index contributed by atoms with van der Waals surface area (Å²) in [5.41, 5.74) is -0.516.